The number of nitrogens with zero attached hydrogens (tertiary/aromatic N) is 1. The molecule has 1 fully saturated rings. The van der Waals surface area contributed by atoms with Gasteiger partial charge in [-0.15, -0.1) is 0 Å². The first-order valence-electron chi connectivity index (χ1n) is 7.08. The standard InChI is InChI=1S/C15H24N2O/c1-3-4-12(2)11-18-15-7-8-16-9-13(15)10-17-14-5-6-14/h7-9,12,14,17H,3-6,10-11H2,1-2H3. The molecule has 3 nitrogen and oxygen atoms in total. The van der Waals surface area contributed by atoms with Gasteiger partial charge in [0.15, 0.2) is 0 Å². The Kier molecular flexibility index (Phi) is 5.00. The van der Waals surface area contributed by atoms with Gasteiger partial charge in [-0.1, -0.05) is 20.3 Å². The molecule has 2 rings (SSSR count). The Morgan fingerprint density at radius 3 is 3.06 bits per heavy atom. The van der Waals surface area contributed by atoms with Crippen LogP contribution in [0, 0.1) is 5.92 Å². The van der Waals surface area contributed by atoms with E-state index in [1.165, 1.54) is 31.2 Å². The average molecular weight is 248 g/mol. The molecule has 18 heavy (non-hydrogen) atoms. The maximum Gasteiger partial charge on any atom is 0.126 e. The molecule has 1 aliphatic rings. The van der Waals surface area contributed by atoms with E-state index >= 15 is 0 Å². The lowest BCUT2D eigenvalue weighted by atomic mass is 10.1. The van der Waals surface area contributed by atoms with Crippen LogP contribution in [0.15, 0.2) is 18.5 Å². The molecule has 0 saturated heterocycles. The first-order chi connectivity index (χ1) is 8.79. The summed E-state index contributed by atoms with van der Waals surface area (Å²) < 4.78 is 5.92. The number of pyridine rings is 1. The van der Waals surface area contributed by atoms with Gasteiger partial charge in [-0.2, -0.15) is 0 Å². The lowest BCUT2D eigenvalue weighted by Crippen LogP contribution is -2.17. The molecular weight excluding hydrogens is 224 g/mol. The smallest absolute Gasteiger partial charge is 0.126 e. The lowest BCUT2D eigenvalue weighted by molar-refractivity contribution is 0.248. The van der Waals surface area contributed by atoms with Gasteiger partial charge in [0.2, 0.25) is 0 Å². The van der Waals surface area contributed by atoms with E-state index < -0.39 is 0 Å². The molecule has 1 aromatic heterocycles. The summed E-state index contributed by atoms with van der Waals surface area (Å²) in [5, 5.41) is 3.51. The number of rotatable bonds is 8. The summed E-state index contributed by atoms with van der Waals surface area (Å²) in [5.74, 6) is 1.61. The highest BCUT2D eigenvalue weighted by Crippen LogP contribution is 2.22. The summed E-state index contributed by atoms with van der Waals surface area (Å²) in [4.78, 5) is 4.19. The van der Waals surface area contributed by atoms with Gasteiger partial charge >= 0.3 is 0 Å². The molecule has 1 aromatic rings. The first kappa shape index (κ1) is 13.3. The third kappa shape index (κ3) is 4.30. The van der Waals surface area contributed by atoms with Crippen LogP contribution < -0.4 is 10.1 Å². The molecule has 1 saturated carbocycles. The van der Waals surface area contributed by atoms with E-state index in [2.05, 4.69) is 24.1 Å². The molecule has 0 aliphatic heterocycles. The van der Waals surface area contributed by atoms with Crippen LogP contribution in [0.25, 0.3) is 0 Å². The second-order valence-corrected chi connectivity index (χ2v) is 5.34. The highest BCUT2D eigenvalue weighted by Gasteiger charge is 2.20. The van der Waals surface area contributed by atoms with Crippen molar-refractivity contribution < 1.29 is 4.74 Å². The average Bonchev–Trinajstić information content (AvgIpc) is 3.19. The van der Waals surface area contributed by atoms with Gasteiger partial charge in [-0.05, 0) is 31.2 Å². The van der Waals surface area contributed by atoms with E-state index in [0.717, 1.165) is 24.9 Å². The summed E-state index contributed by atoms with van der Waals surface area (Å²) in [5.41, 5.74) is 1.17. The van der Waals surface area contributed by atoms with Gasteiger partial charge in [0.1, 0.15) is 5.75 Å². The van der Waals surface area contributed by atoms with Crippen molar-refractivity contribution in [3.63, 3.8) is 0 Å². The van der Waals surface area contributed by atoms with Crippen LogP contribution in [-0.4, -0.2) is 17.6 Å². The van der Waals surface area contributed by atoms with Crippen LogP contribution in [0.1, 0.15) is 45.1 Å². The van der Waals surface area contributed by atoms with E-state index in [1.807, 2.05) is 12.3 Å². The number of nitrogens with one attached hydrogen (secondary N) is 1. The van der Waals surface area contributed by atoms with E-state index in [1.54, 1.807) is 6.20 Å². The molecule has 1 atom stereocenters. The monoisotopic (exact) mass is 248 g/mol. The predicted molar refractivity (Wildman–Crippen MR) is 73.7 cm³/mol. The van der Waals surface area contributed by atoms with Crippen LogP contribution in [0.3, 0.4) is 0 Å². The summed E-state index contributed by atoms with van der Waals surface area (Å²) >= 11 is 0. The van der Waals surface area contributed by atoms with Crippen LogP contribution >= 0.6 is 0 Å². The fourth-order valence-electron chi connectivity index (χ4n) is 2.04. The second-order valence-electron chi connectivity index (χ2n) is 5.34. The molecular formula is C15H24N2O. The summed E-state index contributed by atoms with van der Waals surface area (Å²) in [6, 6.07) is 2.69. The van der Waals surface area contributed by atoms with Crippen LogP contribution in [-0.2, 0) is 6.54 Å². The Hall–Kier alpha value is -1.09. The summed E-state index contributed by atoms with van der Waals surface area (Å²) in [6.45, 7) is 6.13. The lowest BCUT2D eigenvalue weighted by Gasteiger charge is -2.15. The van der Waals surface area contributed by atoms with Crippen molar-refractivity contribution in [3.05, 3.63) is 24.0 Å². The third-order valence-electron chi connectivity index (χ3n) is 3.32. The van der Waals surface area contributed by atoms with E-state index in [9.17, 15) is 0 Å². The van der Waals surface area contributed by atoms with Gasteiger partial charge < -0.3 is 10.1 Å². The summed E-state index contributed by atoms with van der Waals surface area (Å²) in [6.07, 6.45) is 8.78. The van der Waals surface area contributed by atoms with E-state index in [0.29, 0.717) is 5.92 Å². The molecule has 0 aromatic carbocycles. The van der Waals surface area contributed by atoms with Crippen molar-refractivity contribution in [1.82, 2.24) is 10.3 Å². The molecule has 1 unspecified atom stereocenters. The minimum atomic E-state index is 0.618. The van der Waals surface area contributed by atoms with Gasteiger partial charge in [-0.25, -0.2) is 0 Å². The summed E-state index contributed by atoms with van der Waals surface area (Å²) in [7, 11) is 0. The largest absolute Gasteiger partial charge is 0.493 e. The molecule has 0 radical (unpaired) electrons. The zero-order valence-electron chi connectivity index (χ0n) is 11.5. The second kappa shape index (κ2) is 6.74. The Morgan fingerprint density at radius 2 is 2.33 bits per heavy atom. The normalized spacial score (nSPS) is 16.6. The van der Waals surface area contributed by atoms with Crippen molar-refractivity contribution in [3.8, 4) is 5.75 Å². The SMILES string of the molecule is CCCC(C)COc1ccncc1CNC1CC1. The fourth-order valence-corrected chi connectivity index (χ4v) is 2.04. The Labute approximate surface area is 110 Å². The minimum absolute atomic E-state index is 0.618. The molecule has 0 bridgehead atoms. The van der Waals surface area contributed by atoms with Crippen molar-refractivity contribution in [2.45, 2.75) is 52.1 Å². The van der Waals surface area contributed by atoms with Crippen LogP contribution in [0.4, 0.5) is 0 Å². The molecule has 100 valence electrons. The van der Waals surface area contributed by atoms with Crippen LogP contribution in [0.5, 0.6) is 5.75 Å². The third-order valence-corrected chi connectivity index (χ3v) is 3.32. The number of hydrogen-bond acceptors (Lipinski definition) is 3. The van der Waals surface area contributed by atoms with Gasteiger partial charge in [0, 0.05) is 30.5 Å². The van der Waals surface area contributed by atoms with Gasteiger partial charge in [0.05, 0.1) is 6.61 Å². The molecule has 3 heteroatoms. The van der Waals surface area contributed by atoms with Crippen molar-refractivity contribution in [2.75, 3.05) is 6.61 Å². The Balaban J connectivity index is 1.85. The molecule has 1 N–H and O–H groups in total. The van der Waals surface area contributed by atoms with Crippen LogP contribution in [0.2, 0.25) is 0 Å². The Morgan fingerprint density at radius 1 is 1.50 bits per heavy atom. The highest BCUT2D eigenvalue weighted by molar-refractivity contribution is 5.30. The van der Waals surface area contributed by atoms with Crippen molar-refractivity contribution in [1.29, 1.82) is 0 Å². The first-order valence-corrected chi connectivity index (χ1v) is 7.08. The van der Waals surface area contributed by atoms with Gasteiger partial charge in [0.25, 0.3) is 0 Å². The highest BCUT2D eigenvalue weighted by atomic mass is 16.5. The zero-order chi connectivity index (χ0) is 12.8. The van der Waals surface area contributed by atoms with Crippen molar-refractivity contribution in [2.24, 2.45) is 5.92 Å². The molecule has 1 heterocycles. The van der Waals surface area contributed by atoms with E-state index in [4.69, 9.17) is 4.74 Å². The maximum atomic E-state index is 5.92. The fraction of sp³-hybridized carbons (Fsp3) is 0.667. The van der Waals surface area contributed by atoms with E-state index in [-0.39, 0.29) is 0 Å². The number of ether oxygens (including phenoxy) is 1. The van der Waals surface area contributed by atoms with Gasteiger partial charge in [-0.3, -0.25) is 4.98 Å². The zero-order valence-corrected chi connectivity index (χ0v) is 11.5. The Bertz CT molecular complexity index is 363. The van der Waals surface area contributed by atoms with Crippen molar-refractivity contribution >= 4 is 0 Å². The predicted octanol–water partition coefficient (Wildman–Crippen LogP) is 3.15. The quantitative estimate of drug-likeness (QED) is 0.767. The molecule has 1 aliphatic carbocycles. The topological polar surface area (TPSA) is 34.1 Å². The number of hydrogen-bond donors (Lipinski definition) is 1. The molecule has 0 amide bonds. The minimum Gasteiger partial charge on any atom is -0.493 e. The molecule has 0 spiro atoms. The maximum absolute atomic E-state index is 5.92. The number of aromatic nitrogens is 1.